The van der Waals surface area contributed by atoms with Gasteiger partial charge in [-0.15, -0.1) is 0 Å². The van der Waals surface area contributed by atoms with Gasteiger partial charge in [0.15, 0.2) is 0 Å². The van der Waals surface area contributed by atoms with Gasteiger partial charge in [0.25, 0.3) is 5.91 Å². The molecule has 3 rings (SSSR count). The van der Waals surface area contributed by atoms with Crippen LogP contribution in [0.2, 0.25) is 0 Å². The molecule has 1 amide bonds. The zero-order chi connectivity index (χ0) is 14.8. The predicted molar refractivity (Wildman–Crippen MR) is 80.7 cm³/mol. The number of nitrogens with zero attached hydrogens (tertiary/aromatic N) is 2. The Labute approximate surface area is 124 Å². The Morgan fingerprint density at radius 3 is 3.14 bits per heavy atom. The number of benzene rings is 1. The van der Waals surface area contributed by atoms with Crippen LogP contribution in [0.4, 0.5) is 5.95 Å². The van der Waals surface area contributed by atoms with Gasteiger partial charge in [-0.2, -0.15) is 0 Å². The molecule has 1 aromatic carbocycles. The normalized spacial score (nSPS) is 13.1. The Balaban J connectivity index is 1.81. The molecule has 0 aliphatic carbocycles. The van der Waals surface area contributed by atoms with Crippen LogP contribution in [0.3, 0.4) is 0 Å². The third-order valence-electron chi connectivity index (χ3n) is 3.46. The van der Waals surface area contributed by atoms with E-state index < -0.39 is 0 Å². The van der Waals surface area contributed by atoms with Gasteiger partial charge in [0.05, 0.1) is 12.2 Å². The van der Waals surface area contributed by atoms with Crippen LogP contribution in [-0.4, -0.2) is 22.1 Å². The van der Waals surface area contributed by atoms with Crippen LogP contribution in [0, 0.1) is 5.92 Å². The molecule has 0 fully saturated rings. The van der Waals surface area contributed by atoms with E-state index >= 15 is 0 Å². The topological polar surface area (TPSA) is 56.2 Å². The van der Waals surface area contributed by atoms with Crippen molar-refractivity contribution in [1.29, 1.82) is 0 Å². The van der Waals surface area contributed by atoms with Gasteiger partial charge in [0.2, 0.25) is 5.95 Å². The van der Waals surface area contributed by atoms with Crippen molar-refractivity contribution in [3.63, 3.8) is 0 Å². The van der Waals surface area contributed by atoms with E-state index in [1.165, 1.54) is 0 Å². The van der Waals surface area contributed by atoms with Gasteiger partial charge in [0, 0.05) is 25.4 Å². The molecule has 110 valence electrons. The van der Waals surface area contributed by atoms with E-state index in [2.05, 4.69) is 24.1 Å². The summed E-state index contributed by atoms with van der Waals surface area (Å²) in [5, 5.41) is 2.87. The number of fused-ring (bicyclic) bond motifs is 1. The molecule has 2 aromatic rings. The van der Waals surface area contributed by atoms with Crippen LogP contribution in [0.1, 0.15) is 29.8 Å². The molecular weight excluding hydrogens is 266 g/mol. The fourth-order valence-corrected chi connectivity index (χ4v) is 2.54. The summed E-state index contributed by atoms with van der Waals surface area (Å²) in [7, 11) is 0. The summed E-state index contributed by atoms with van der Waals surface area (Å²) in [6.07, 6.45) is 4.43. The first-order valence-corrected chi connectivity index (χ1v) is 7.22. The molecule has 1 aliphatic heterocycles. The van der Waals surface area contributed by atoms with Crippen molar-refractivity contribution in [3.8, 4) is 5.75 Å². The monoisotopic (exact) mass is 285 g/mol. The van der Waals surface area contributed by atoms with Gasteiger partial charge in [-0.05, 0) is 17.5 Å². The van der Waals surface area contributed by atoms with Crippen molar-refractivity contribution < 1.29 is 9.53 Å². The first kappa shape index (κ1) is 13.7. The second-order valence-electron chi connectivity index (χ2n) is 5.64. The van der Waals surface area contributed by atoms with Gasteiger partial charge in [-0.1, -0.05) is 26.0 Å². The Bertz CT molecular complexity index is 661. The molecule has 21 heavy (non-hydrogen) atoms. The lowest BCUT2D eigenvalue weighted by molar-refractivity contribution is 0.102. The lowest BCUT2D eigenvalue weighted by atomic mass is 10.1. The van der Waals surface area contributed by atoms with Gasteiger partial charge in [0.1, 0.15) is 5.75 Å². The largest absolute Gasteiger partial charge is 0.492 e. The van der Waals surface area contributed by atoms with Crippen molar-refractivity contribution in [3.05, 3.63) is 41.7 Å². The average molecular weight is 285 g/mol. The molecule has 0 spiro atoms. The van der Waals surface area contributed by atoms with Crippen LogP contribution in [0.5, 0.6) is 5.75 Å². The van der Waals surface area contributed by atoms with Crippen LogP contribution in [0.25, 0.3) is 0 Å². The quantitative estimate of drug-likeness (QED) is 0.939. The molecule has 0 bridgehead atoms. The Kier molecular flexibility index (Phi) is 3.64. The molecule has 1 aliphatic rings. The number of nitrogens with one attached hydrogen (secondary N) is 1. The minimum absolute atomic E-state index is 0.176. The Morgan fingerprint density at radius 2 is 2.33 bits per heavy atom. The molecule has 0 atom stereocenters. The number of aromatic nitrogens is 2. The smallest absolute Gasteiger partial charge is 0.261 e. The Hall–Kier alpha value is -2.30. The molecule has 5 nitrogen and oxygen atoms in total. The van der Waals surface area contributed by atoms with E-state index in [0.29, 0.717) is 29.8 Å². The summed E-state index contributed by atoms with van der Waals surface area (Å²) in [6, 6.07) is 5.68. The summed E-state index contributed by atoms with van der Waals surface area (Å²) in [6.45, 7) is 5.72. The molecule has 1 N–H and O–H groups in total. The van der Waals surface area contributed by atoms with Gasteiger partial charge in [-0.25, -0.2) is 4.98 Å². The van der Waals surface area contributed by atoms with Gasteiger partial charge in [-0.3, -0.25) is 10.1 Å². The summed E-state index contributed by atoms with van der Waals surface area (Å²) < 4.78 is 7.53. The summed E-state index contributed by atoms with van der Waals surface area (Å²) in [5.41, 5.74) is 1.66. The number of hydrogen-bond acceptors (Lipinski definition) is 3. The van der Waals surface area contributed by atoms with Crippen LogP contribution in [0.15, 0.2) is 30.6 Å². The lowest BCUT2D eigenvalue weighted by Gasteiger charge is -2.12. The number of hydrogen-bond donors (Lipinski definition) is 1. The van der Waals surface area contributed by atoms with E-state index in [4.69, 9.17) is 4.74 Å². The number of para-hydroxylation sites is 1. The third kappa shape index (κ3) is 2.77. The van der Waals surface area contributed by atoms with Crippen molar-refractivity contribution in [1.82, 2.24) is 9.55 Å². The highest BCUT2D eigenvalue weighted by molar-refractivity contribution is 6.05. The van der Waals surface area contributed by atoms with Crippen molar-refractivity contribution in [2.24, 2.45) is 5.92 Å². The molecule has 0 saturated carbocycles. The highest BCUT2D eigenvalue weighted by atomic mass is 16.5. The van der Waals surface area contributed by atoms with Gasteiger partial charge < -0.3 is 9.30 Å². The molecule has 5 heteroatoms. The van der Waals surface area contributed by atoms with E-state index in [0.717, 1.165) is 18.5 Å². The zero-order valence-corrected chi connectivity index (χ0v) is 12.3. The maximum absolute atomic E-state index is 12.5. The minimum Gasteiger partial charge on any atom is -0.492 e. The van der Waals surface area contributed by atoms with Crippen molar-refractivity contribution in [2.45, 2.75) is 26.8 Å². The number of carbonyl (C=O) groups is 1. The van der Waals surface area contributed by atoms with Gasteiger partial charge >= 0.3 is 0 Å². The maximum Gasteiger partial charge on any atom is 0.261 e. The standard InChI is InChI=1S/C16H19N3O2/c1-11(2)10-19-8-7-17-16(19)18-15(20)13-5-3-4-12-6-9-21-14(12)13/h3-5,7-8,11H,6,9-10H2,1-2H3,(H,17,18,20). The highest BCUT2D eigenvalue weighted by Gasteiger charge is 2.21. The molecule has 0 unspecified atom stereocenters. The lowest BCUT2D eigenvalue weighted by Crippen LogP contribution is -2.17. The fourth-order valence-electron chi connectivity index (χ4n) is 2.54. The molecule has 0 radical (unpaired) electrons. The second-order valence-corrected chi connectivity index (χ2v) is 5.64. The first-order valence-electron chi connectivity index (χ1n) is 7.22. The number of ether oxygens (including phenoxy) is 1. The number of amides is 1. The number of anilines is 1. The van der Waals surface area contributed by atoms with E-state index in [-0.39, 0.29) is 5.91 Å². The Morgan fingerprint density at radius 1 is 1.48 bits per heavy atom. The third-order valence-corrected chi connectivity index (χ3v) is 3.46. The number of carbonyl (C=O) groups excluding carboxylic acids is 1. The maximum atomic E-state index is 12.5. The predicted octanol–water partition coefficient (Wildman–Crippen LogP) is 2.73. The SMILES string of the molecule is CC(C)Cn1ccnc1NC(=O)c1cccc2c1OCC2. The summed E-state index contributed by atoms with van der Waals surface area (Å²) in [4.78, 5) is 16.7. The first-order chi connectivity index (χ1) is 10.1. The minimum atomic E-state index is -0.176. The summed E-state index contributed by atoms with van der Waals surface area (Å²) >= 11 is 0. The second kappa shape index (κ2) is 5.60. The number of rotatable bonds is 4. The summed E-state index contributed by atoms with van der Waals surface area (Å²) in [5.74, 6) is 1.59. The highest BCUT2D eigenvalue weighted by Crippen LogP contribution is 2.29. The molecule has 2 heterocycles. The zero-order valence-electron chi connectivity index (χ0n) is 12.3. The van der Waals surface area contributed by atoms with Crippen molar-refractivity contribution >= 4 is 11.9 Å². The van der Waals surface area contributed by atoms with E-state index in [1.807, 2.05) is 22.9 Å². The van der Waals surface area contributed by atoms with Crippen molar-refractivity contribution in [2.75, 3.05) is 11.9 Å². The molecule has 1 aromatic heterocycles. The van der Waals surface area contributed by atoms with E-state index in [1.54, 1.807) is 12.3 Å². The molecule has 0 saturated heterocycles. The van der Waals surface area contributed by atoms with E-state index in [9.17, 15) is 4.79 Å². The average Bonchev–Trinajstić information content (AvgIpc) is 3.07. The fraction of sp³-hybridized carbons (Fsp3) is 0.375. The van der Waals surface area contributed by atoms with Crippen LogP contribution in [-0.2, 0) is 13.0 Å². The number of imidazole rings is 1. The van der Waals surface area contributed by atoms with Crippen LogP contribution >= 0.6 is 0 Å². The molecular formula is C16H19N3O2. The van der Waals surface area contributed by atoms with Crippen LogP contribution < -0.4 is 10.1 Å².